The number of amides is 1. The van der Waals surface area contributed by atoms with Gasteiger partial charge in [0, 0.05) is 28.8 Å². The molecule has 0 radical (unpaired) electrons. The predicted molar refractivity (Wildman–Crippen MR) is 151 cm³/mol. The molecule has 10 nitrogen and oxygen atoms in total. The van der Waals surface area contributed by atoms with Crippen molar-refractivity contribution in [3.63, 3.8) is 0 Å². The van der Waals surface area contributed by atoms with Crippen molar-refractivity contribution >= 4 is 38.8 Å². The van der Waals surface area contributed by atoms with Crippen LogP contribution in [0.1, 0.15) is 27.0 Å². The Morgan fingerprint density at radius 3 is 2.57 bits per heavy atom. The highest BCUT2D eigenvalue weighted by molar-refractivity contribution is 7.85. The Balaban J connectivity index is 1.48. The number of benzene rings is 4. The molecule has 0 bridgehead atoms. The van der Waals surface area contributed by atoms with E-state index in [2.05, 4.69) is 5.10 Å². The monoisotopic (exact) mass is 580 g/mol. The summed E-state index contributed by atoms with van der Waals surface area (Å²) in [5.41, 5.74) is 0.387. The normalized spacial score (nSPS) is 20.9. The van der Waals surface area contributed by atoms with E-state index in [4.69, 9.17) is 4.74 Å². The van der Waals surface area contributed by atoms with E-state index < -0.39 is 27.5 Å². The number of phenols is 2. The summed E-state index contributed by atoms with van der Waals surface area (Å²) >= 11 is 0. The average Bonchev–Trinajstić information content (AvgIpc) is 3.19. The van der Waals surface area contributed by atoms with Crippen LogP contribution in [0.25, 0.3) is 10.8 Å². The number of ether oxygens (including phenoxy) is 1. The molecule has 2 atom stereocenters. The van der Waals surface area contributed by atoms with Gasteiger partial charge in [-0.15, -0.1) is 0 Å². The van der Waals surface area contributed by atoms with Crippen molar-refractivity contribution in [1.82, 2.24) is 5.01 Å². The van der Waals surface area contributed by atoms with E-state index in [1.165, 1.54) is 65.8 Å². The molecule has 7 rings (SSSR count). The van der Waals surface area contributed by atoms with Crippen molar-refractivity contribution in [3.8, 4) is 17.2 Å². The van der Waals surface area contributed by atoms with Gasteiger partial charge < -0.3 is 14.9 Å². The molecule has 42 heavy (non-hydrogen) atoms. The number of hydrazone groups is 1. The van der Waals surface area contributed by atoms with Crippen molar-refractivity contribution in [2.24, 2.45) is 11.0 Å². The summed E-state index contributed by atoms with van der Waals surface area (Å²) in [4.78, 5) is 26.1. The first kappa shape index (κ1) is 25.7. The molecular formula is C31H20N2O8S. The second kappa shape index (κ2) is 8.87. The second-order valence-corrected chi connectivity index (χ2v) is 11.5. The molecule has 2 heterocycles. The Hall–Kier alpha value is -5.26. The second-order valence-electron chi connectivity index (χ2n) is 10.1. The van der Waals surface area contributed by atoms with Gasteiger partial charge in [-0.3, -0.25) is 14.1 Å². The molecule has 1 amide bonds. The first-order valence-electron chi connectivity index (χ1n) is 12.8. The highest BCUT2D eigenvalue weighted by atomic mass is 32.2. The van der Waals surface area contributed by atoms with Crippen molar-refractivity contribution in [2.45, 2.75) is 10.4 Å². The molecule has 2 unspecified atom stereocenters. The van der Waals surface area contributed by atoms with E-state index in [1.807, 2.05) is 0 Å². The number of carbonyl (C=O) groups is 2. The fourth-order valence-electron chi connectivity index (χ4n) is 6.03. The molecule has 11 heteroatoms. The van der Waals surface area contributed by atoms with Gasteiger partial charge in [-0.1, -0.05) is 36.4 Å². The van der Waals surface area contributed by atoms with E-state index in [1.54, 1.807) is 36.4 Å². The molecule has 3 aliphatic rings. The molecule has 2 aliphatic heterocycles. The van der Waals surface area contributed by atoms with Crippen LogP contribution in [-0.4, -0.2) is 46.1 Å². The van der Waals surface area contributed by atoms with Gasteiger partial charge in [0.1, 0.15) is 28.5 Å². The molecule has 0 fully saturated rings. The van der Waals surface area contributed by atoms with Gasteiger partial charge in [-0.25, -0.2) is 5.01 Å². The first-order valence-corrected chi connectivity index (χ1v) is 14.2. The maximum absolute atomic E-state index is 14.1. The van der Waals surface area contributed by atoms with Crippen LogP contribution in [0.4, 0.5) is 0 Å². The number of ketones is 1. The number of phenolic OH excluding ortho intramolecular Hbond substituents is 2. The number of fused-ring (bicyclic) bond motifs is 7. The highest BCUT2D eigenvalue weighted by Gasteiger charge is 2.60. The van der Waals surface area contributed by atoms with E-state index in [-0.39, 0.29) is 39.2 Å². The van der Waals surface area contributed by atoms with Crippen LogP contribution in [0.2, 0.25) is 0 Å². The SMILES string of the molecule is O=C1C=CC2C(=C1)Oc1cc(O)ccc1C21c2ccccc2C(=O)N1/N=C\c1c(O)ccc2cc(S(=O)(=O)O)ccc12. The van der Waals surface area contributed by atoms with E-state index >= 15 is 0 Å². The summed E-state index contributed by atoms with van der Waals surface area (Å²) in [6.07, 6.45) is 5.72. The summed E-state index contributed by atoms with van der Waals surface area (Å²) in [5, 5.41) is 27.8. The minimum absolute atomic E-state index is 0.0711. The van der Waals surface area contributed by atoms with Crippen molar-refractivity contribution in [1.29, 1.82) is 0 Å². The summed E-state index contributed by atoms with van der Waals surface area (Å²) in [6.45, 7) is 0. The number of carbonyl (C=O) groups excluding carboxylic acids is 2. The lowest BCUT2D eigenvalue weighted by Crippen LogP contribution is -2.51. The van der Waals surface area contributed by atoms with Gasteiger partial charge in [0.2, 0.25) is 0 Å². The van der Waals surface area contributed by atoms with Gasteiger partial charge in [0.05, 0.1) is 17.0 Å². The van der Waals surface area contributed by atoms with Crippen molar-refractivity contribution in [3.05, 3.63) is 119 Å². The van der Waals surface area contributed by atoms with Gasteiger partial charge in [-0.05, 0) is 58.8 Å². The zero-order valence-electron chi connectivity index (χ0n) is 21.5. The smallest absolute Gasteiger partial charge is 0.294 e. The Bertz CT molecular complexity index is 2080. The Morgan fingerprint density at radius 2 is 1.76 bits per heavy atom. The van der Waals surface area contributed by atoms with Crippen LogP contribution in [0, 0.1) is 5.92 Å². The fourth-order valence-corrected chi connectivity index (χ4v) is 6.55. The van der Waals surface area contributed by atoms with Crippen LogP contribution in [0.3, 0.4) is 0 Å². The predicted octanol–water partition coefficient (Wildman–Crippen LogP) is 4.26. The molecule has 1 spiro atoms. The highest BCUT2D eigenvalue weighted by Crippen LogP contribution is 2.58. The van der Waals surface area contributed by atoms with Gasteiger partial charge in [0.25, 0.3) is 16.0 Å². The molecule has 4 aromatic rings. The molecule has 1 aliphatic carbocycles. The average molecular weight is 581 g/mol. The van der Waals surface area contributed by atoms with Crippen molar-refractivity contribution < 1.29 is 37.5 Å². The van der Waals surface area contributed by atoms with Gasteiger partial charge in [0.15, 0.2) is 5.78 Å². The lowest BCUT2D eigenvalue weighted by Gasteiger charge is -2.46. The minimum atomic E-state index is -4.46. The Morgan fingerprint density at radius 1 is 0.952 bits per heavy atom. The first-order chi connectivity index (χ1) is 20.1. The largest absolute Gasteiger partial charge is 0.508 e. The number of hydrogen-bond acceptors (Lipinski definition) is 8. The van der Waals surface area contributed by atoms with E-state index in [0.29, 0.717) is 27.5 Å². The zero-order valence-corrected chi connectivity index (χ0v) is 22.3. The molecule has 208 valence electrons. The lowest BCUT2D eigenvalue weighted by molar-refractivity contribution is -0.110. The maximum Gasteiger partial charge on any atom is 0.294 e. The third-order valence-corrected chi connectivity index (χ3v) is 8.65. The third-order valence-electron chi connectivity index (χ3n) is 7.80. The topological polar surface area (TPSA) is 154 Å². The van der Waals surface area contributed by atoms with Crippen LogP contribution in [0.5, 0.6) is 17.2 Å². The zero-order chi connectivity index (χ0) is 29.4. The number of hydrogen-bond donors (Lipinski definition) is 3. The number of aromatic hydroxyl groups is 2. The van der Waals surface area contributed by atoms with Crippen LogP contribution in [-0.2, 0) is 20.5 Å². The molecule has 0 saturated carbocycles. The maximum atomic E-state index is 14.1. The van der Waals surface area contributed by atoms with E-state index in [9.17, 15) is 32.8 Å². The number of allylic oxidation sites excluding steroid dienone is 2. The van der Waals surface area contributed by atoms with Gasteiger partial charge in [-0.2, -0.15) is 13.5 Å². The van der Waals surface area contributed by atoms with Crippen molar-refractivity contribution in [2.75, 3.05) is 0 Å². The summed E-state index contributed by atoms with van der Waals surface area (Å²) < 4.78 is 38.9. The molecule has 4 aromatic carbocycles. The molecule has 0 saturated heterocycles. The number of rotatable bonds is 3. The van der Waals surface area contributed by atoms with Crippen LogP contribution >= 0.6 is 0 Å². The third kappa shape index (κ3) is 3.60. The van der Waals surface area contributed by atoms with Crippen LogP contribution < -0.4 is 4.74 Å². The lowest BCUT2D eigenvalue weighted by atomic mass is 9.69. The summed E-state index contributed by atoms with van der Waals surface area (Å²) in [7, 11) is -4.46. The number of nitrogens with zero attached hydrogens (tertiary/aromatic N) is 2. The van der Waals surface area contributed by atoms with E-state index in [0.717, 1.165) is 0 Å². The quantitative estimate of drug-likeness (QED) is 0.240. The Labute approximate surface area is 238 Å². The standard InChI is InChI=1S/C31H20N2O8S/c34-18-6-10-25-28(14-18)41-29-15-19(35)7-11-26(29)31(25)24-4-2-1-3-22(24)30(37)33(31)32-16-23-21-9-8-20(42(38,39)40)13-17(21)5-12-27(23)36/h1-16,25,35-36H,(H,38,39,40)/b32-16-. The molecular weight excluding hydrogens is 560 g/mol. The summed E-state index contributed by atoms with van der Waals surface area (Å²) in [5.74, 6) is -1.13. The Kier molecular flexibility index (Phi) is 5.42. The van der Waals surface area contributed by atoms with Crippen LogP contribution in [0.15, 0.2) is 107 Å². The molecule has 3 N–H and O–H groups in total. The molecule has 0 aromatic heterocycles. The summed E-state index contributed by atoms with van der Waals surface area (Å²) in [6, 6.07) is 18.3. The fraction of sp³-hybridized carbons (Fsp3) is 0.0645. The van der Waals surface area contributed by atoms with Gasteiger partial charge >= 0.3 is 0 Å². The minimum Gasteiger partial charge on any atom is -0.508 e.